The minimum Gasteiger partial charge on any atom is -0.507 e. The highest BCUT2D eigenvalue weighted by molar-refractivity contribution is 6.12. The van der Waals surface area contributed by atoms with Gasteiger partial charge in [0.15, 0.2) is 5.78 Å². The average molecular weight is 456 g/mol. The van der Waals surface area contributed by atoms with Crippen LogP contribution in [-0.4, -0.2) is 28.5 Å². The maximum atomic E-state index is 12.9. The first-order valence-corrected chi connectivity index (χ1v) is 11.1. The molecule has 0 aliphatic carbocycles. The topological polar surface area (TPSA) is 98.7 Å². The summed E-state index contributed by atoms with van der Waals surface area (Å²) in [6, 6.07) is 3.35. The molecule has 33 heavy (non-hydrogen) atoms. The molecule has 0 aliphatic rings. The molecule has 0 fully saturated rings. The Hall–Kier alpha value is -3.35. The zero-order valence-electron chi connectivity index (χ0n) is 20.0. The second-order valence-corrected chi connectivity index (χ2v) is 8.22. The summed E-state index contributed by atoms with van der Waals surface area (Å²) < 4.78 is 11.9. The van der Waals surface area contributed by atoms with Crippen molar-refractivity contribution in [1.29, 1.82) is 0 Å². The van der Waals surface area contributed by atoms with Gasteiger partial charge in [-0.15, -0.1) is 0 Å². The third kappa shape index (κ3) is 7.07. The summed E-state index contributed by atoms with van der Waals surface area (Å²) in [6.45, 7) is 5.58. The van der Waals surface area contributed by atoms with Crippen molar-refractivity contribution < 1.29 is 23.8 Å². The number of Topliss-reactive ketones (excluding diaryl/α,β-unsaturated/α-hetero) is 1. The number of allylic oxidation sites excluding steroid dienone is 2. The van der Waals surface area contributed by atoms with Crippen LogP contribution < -0.4 is 5.63 Å². The lowest BCUT2D eigenvalue weighted by Crippen LogP contribution is -2.16. The number of hydrogen-bond donors (Lipinski definition) is 1. The van der Waals surface area contributed by atoms with Crippen molar-refractivity contribution >= 4 is 17.8 Å². The summed E-state index contributed by atoms with van der Waals surface area (Å²) in [4.78, 5) is 36.6. The van der Waals surface area contributed by atoms with E-state index in [4.69, 9.17) is 4.42 Å². The number of ether oxygens (including phenoxy) is 1. The lowest BCUT2D eigenvalue weighted by molar-refractivity contribution is -0.139. The van der Waals surface area contributed by atoms with Crippen LogP contribution in [0.2, 0.25) is 0 Å². The summed E-state index contributed by atoms with van der Waals surface area (Å²) >= 11 is 0. The molecule has 2 aromatic heterocycles. The van der Waals surface area contributed by atoms with Crippen molar-refractivity contribution in [2.75, 3.05) is 7.11 Å². The first-order chi connectivity index (χ1) is 15.7. The zero-order chi connectivity index (χ0) is 24.5. The molecule has 0 radical (unpaired) electrons. The largest absolute Gasteiger partial charge is 0.507 e. The SMILES string of the molecule is CCCc1cc(C=C(C)C(=O)c2c(O)cc(C(C)CCC=CCC(=O)OC)oc2=O)n(C)c1. The molecule has 0 bridgehead atoms. The number of aryl methyl sites for hydroxylation is 2. The molecule has 2 aromatic rings. The Morgan fingerprint density at radius 2 is 2.00 bits per heavy atom. The summed E-state index contributed by atoms with van der Waals surface area (Å²) in [6.07, 6.45) is 10.8. The Labute approximate surface area is 194 Å². The molecule has 0 saturated heterocycles. The second-order valence-electron chi connectivity index (χ2n) is 8.22. The summed E-state index contributed by atoms with van der Waals surface area (Å²) in [5, 5.41) is 10.5. The lowest BCUT2D eigenvalue weighted by atomic mass is 9.99. The van der Waals surface area contributed by atoms with E-state index in [2.05, 4.69) is 11.7 Å². The number of methoxy groups -OCH3 is 1. The molecule has 7 nitrogen and oxygen atoms in total. The van der Waals surface area contributed by atoms with Crippen LogP contribution in [0.5, 0.6) is 5.75 Å². The van der Waals surface area contributed by atoms with Gasteiger partial charge in [0.1, 0.15) is 17.1 Å². The van der Waals surface area contributed by atoms with E-state index in [1.165, 1.54) is 18.7 Å². The summed E-state index contributed by atoms with van der Waals surface area (Å²) in [5.74, 6) is -1.11. The van der Waals surface area contributed by atoms with Crippen molar-refractivity contribution in [3.05, 3.63) is 69.1 Å². The molecular weight excluding hydrogens is 422 g/mol. The van der Waals surface area contributed by atoms with Gasteiger partial charge in [-0.3, -0.25) is 9.59 Å². The Balaban J connectivity index is 2.14. The normalized spacial score (nSPS) is 12.8. The van der Waals surface area contributed by atoms with Gasteiger partial charge in [-0.05, 0) is 49.5 Å². The van der Waals surface area contributed by atoms with Crippen molar-refractivity contribution in [3.8, 4) is 5.75 Å². The van der Waals surface area contributed by atoms with Gasteiger partial charge in [0, 0.05) is 30.9 Å². The van der Waals surface area contributed by atoms with Crippen LogP contribution in [0.1, 0.15) is 79.7 Å². The van der Waals surface area contributed by atoms with E-state index in [1.54, 1.807) is 19.1 Å². The fourth-order valence-corrected chi connectivity index (χ4v) is 3.53. The maximum Gasteiger partial charge on any atom is 0.351 e. The van der Waals surface area contributed by atoms with E-state index in [0.29, 0.717) is 24.2 Å². The number of hydrogen-bond acceptors (Lipinski definition) is 6. The molecular formula is C26H33NO6. The molecule has 7 heteroatoms. The molecule has 0 spiro atoms. The molecule has 2 heterocycles. The third-order valence-electron chi connectivity index (χ3n) is 5.47. The van der Waals surface area contributed by atoms with Crippen molar-refractivity contribution in [1.82, 2.24) is 4.57 Å². The first-order valence-electron chi connectivity index (χ1n) is 11.1. The highest BCUT2D eigenvalue weighted by Gasteiger charge is 2.22. The second kappa shape index (κ2) is 12.0. The fourth-order valence-electron chi connectivity index (χ4n) is 3.53. The number of rotatable bonds is 11. The number of aromatic hydroxyl groups is 1. The molecule has 178 valence electrons. The number of nitrogens with zero attached hydrogens (tertiary/aromatic N) is 1. The quantitative estimate of drug-likeness (QED) is 0.223. The zero-order valence-corrected chi connectivity index (χ0v) is 20.0. The number of ketones is 1. The standard InChI is InChI=1S/C26H33NO6/c1-6-10-19-14-20(27(4)16-19)13-18(3)25(30)24-21(28)15-22(33-26(24)31)17(2)11-8-7-9-12-23(29)32-5/h7,9,13-17,28H,6,8,10-12H2,1-5H3. The van der Waals surface area contributed by atoms with Gasteiger partial charge in [-0.1, -0.05) is 32.4 Å². The van der Waals surface area contributed by atoms with E-state index in [1.807, 2.05) is 36.9 Å². The van der Waals surface area contributed by atoms with E-state index < -0.39 is 11.4 Å². The van der Waals surface area contributed by atoms with E-state index in [-0.39, 0.29) is 29.6 Å². The van der Waals surface area contributed by atoms with Crippen LogP contribution in [0.15, 0.2) is 45.3 Å². The highest BCUT2D eigenvalue weighted by atomic mass is 16.5. The van der Waals surface area contributed by atoms with E-state index in [9.17, 15) is 19.5 Å². The Kier molecular flexibility index (Phi) is 9.45. The van der Waals surface area contributed by atoms with Gasteiger partial charge in [0.05, 0.1) is 13.5 Å². The van der Waals surface area contributed by atoms with Gasteiger partial charge in [-0.2, -0.15) is 0 Å². The number of carbonyl (C=O) groups excluding carboxylic acids is 2. The fraction of sp³-hybridized carbons (Fsp3) is 0.423. The Morgan fingerprint density at radius 1 is 1.27 bits per heavy atom. The third-order valence-corrected chi connectivity index (χ3v) is 5.47. The van der Waals surface area contributed by atoms with Gasteiger partial charge in [0.25, 0.3) is 0 Å². The van der Waals surface area contributed by atoms with Crippen LogP contribution in [0.25, 0.3) is 6.08 Å². The Morgan fingerprint density at radius 3 is 2.64 bits per heavy atom. The minimum atomic E-state index is -0.852. The summed E-state index contributed by atoms with van der Waals surface area (Å²) in [5.41, 5.74) is 1.14. The molecule has 1 atom stereocenters. The molecule has 0 amide bonds. The van der Waals surface area contributed by atoms with E-state index >= 15 is 0 Å². The van der Waals surface area contributed by atoms with Gasteiger partial charge < -0.3 is 18.8 Å². The van der Waals surface area contributed by atoms with Crippen molar-refractivity contribution in [2.24, 2.45) is 7.05 Å². The van der Waals surface area contributed by atoms with Gasteiger partial charge >= 0.3 is 11.6 Å². The number of aromatic nitrogens is 1. The molecule has 0 aromatic carbocycles. The van der Waals surface area contributed by atoms with Gasteiger partial charge in [0.2, 0.25) is 0 Å². The number of carbonyl (C=O) groups is 2. The first kappa shape index (κ1) is 25.9. The summed E-state index contributed by atoms with van der Waals surface area (Å²) in [7, 11) is 3.23. The van der Waals surface area contributed by atoms with Crippen molar-refractivity contribution in [2.45, 2.75) is 58.8 Å². The van der Waals surface area contributed by atoms with Crippen LogP contribution in [0.4, 0.5) is 0 Å². The predicted molar refractivity (Wildman–Crippen MR) is 127 cm³/mol. The van der Waals surface area contributed by atoms with Crippen molar-refractivity contribution in [3.63, 3.8) is 0 Å². The molecule has 0 saturated carbocycles. The lowest BCUT2D eigenvalue weighted by Gasteiger charge is -2.11. The van der Waals surface area contributed by atoms with Crippen LogP contribution in [0, 0.1) is 0 Å². The maximum absolute atomic E-state index is 12.9. The monoisotopic (exact) mass is 455 g/mol. The van der Waals surface area contributed by atoms with E-state index in [0.717, 1.165) is 18.5 Å². The molecule has 1 unspecified atom stereocenters. The Bertz CT molecular complexity index is 1100. The predicted octanol–water partition coefficient (Wildman–Crippen LogP) is 4.93. The number of esters is 1. The molecule has 2 rings (SSSR count). The molecule has 1 N–H and O–H groups in total. The smallest absolute Gasteiger partial charge is 0.351 e. The average Bonchev–Trinajstić information content (AvgIpc) is 3.11. The highest BCUT2D eigenvalue weighted by Crippen LogP contribution is 2.26. The molecule has 0 aliphatic heterocycles. The van der Waals surface area contributed by atoms with Gasteiger partial charge in [-0.25, -0.2) is 4.79 Å². The van der Waals surface area contributed by atoms with Crippen LogP contribution in [-0.2, 0) is 23.0 Å². The minimum absolute atomic E-state index is 0.160. The van der Waals surface area contributed by atoms with Crippen LogP contribution in [0.3, 0.4) is 0 Å². The van der Waals surface area contributed by atoms with Crippen LogP contribution >= 0.6 is 0 Å².